The molecule has 0 saturated carbocycles. The average Bonchev–Trinajstić information content (AvgIpc) is 2.66. The molecule has 144 valence electrons. The lowest BCUT2D eigenvalue weighted by atomic mass is 9.95. The molecular weight excluding hydrogens is 318 g/mol. The van der Waals surface area contributed by atoms with Crippen molar-refractivity contribution < 1.29 is 14.3 Å². The number of rotatable bonds is 6. The Bertz CT molecular complexity index is 407. The van der Waals surface area contributed by atoms with Crippen molar-refractivity contribution in [2.24, 2.45) is 0 Å². The Labute approximate surface area is 152 Å². The molecule has 0 aromatic heterocycles. The molecule has 0 spiro atoms. The van der Waals surface area contributed by atoms with Gasteiger partial charge in [-0.1, -0.05) is 6.42 Å². The van der Waals surface area contributed by atoms with E-state index >= 15 is 0 Å². The number of piperidine rings is 2. The lowest BCUT2D eigenvalue weighted by molar-refractivity contribution is -0.153. The maximum absolute atomic E-state index is 12.7. The second-order valence-electron chi connectivity index (χ2n) is 7.76. The van der Waals surface area contributed by atoms with Gasteiger partial charge in [-0.25, -0.2) is 0 Å². The minimum Gasteiger partial charge on any atom is -0.464 e. The van der Waals surface area contributed by atoms with Crippen LogP contribution in [-0.4, -0.2) is 98.9 Å². The summed E-state index contributed by atoms with van der Waals surface area (Å²) in [6.07, 6.45) is 6.61. The number of ether oxygens (including phenoxy) is 2. The molecule has 0 aromatic carbocycles. The molecule has 25 heavy (non-hydrogen) atoms. The highest BCUT2D eigenvalue weighted by Crippen LogP contribution is 2.25. The van der Waals surface area contributed by atoms with Crippen molar-refractivity contribution >= 4 is 5.97 Å². The van der Waals surface area contributed by atoms with Gasteiger partial charge in [0, 0.05) is 25.7 Å². The summed E-state index contributed by atoms with van der Waals surface area (Å²) in [5, 5.41) is 0. The standard InChI is InChI=1S/C19H35N3O3/c1-20-10-6-17(7-11-20)22-9-3-2-5-18(22)19(23)25-14-4-8-21-12-15-24-16-13-21/h17-18H,2-16H2,1H3. The summed E-state index contributed by atoms with van der Waals surface area (Å²) >= 11 is 0. The maximum atomic E-state index is 12.7. The highest BCUT2D eigenvalue weighted by Gasteiger charge is 2.35. The van der Waals surface area contributed by atoms with Crippen LogP contribution in [0, 0.1) is 0 Å². The molecule has 0 amide bonds. The summed E-state index contributed by atoms with van der Waals surface area (Å²) in [5.41, 5.74) is 0. The van der Waals surface area contributed by atoms with Gasteiger partial charge in [0.25, 0.3) is 0 Å². The van der Waals surface area contributed by atoms with Crippen LogP contribution in [-0.2, 0) is 14.3 Å². The molecule has 3 saturated heterocycles. The summed E-state index contributed by atoms with van der Waals surface area (Å²) in [7, 11) is 2.19. The predicted octanol–water partition coefficient (Wildman–Crippen LogP) is 1.20. The van der Waals surface area contributed by atoms with Crippen LogP contribution in [0.2, 0.25) is 0 Å². The summed E-state index contributed by atoms with van der Waals surface area (Å²) in [6, 6.07) is 0.549. The van der Waals surface area contributed by atoms with Gasteiger partial charge in [0.1, 0.15) is 6.04 Å². The van der Waals surface area contributed by atoms with Crippen LogP contribution in [0.3, 0.4) is 0 Å². The van der Waals surface area contributed by atoms with E-state index in [1.54, 1.807) is 0 Å². The Morgan fingerprint density at radius 2 is 1.80 bits per heavy atom. The number of likely N-dealkylation sites (tertiary alicyclic amines) is 2. The Morgan fingerprint density at radius 1 is 1.04 bits per heavy atom. The molecule has 6 nitrogen and oxygen atoms in total. The van der Waals surface area contributed by atoms with Crippen LogP contribution in [0.15, 0.2) is 0 Å². The summed E-state index contributed by atoms with van der Waals surface area (Å²) in [6.45, 7) is 8.54. The zero-order valence-corrected chi connectivity index (χ0v) is 15.8. The lowest BCUT2D eigenvalue weighted by Gasteiger charge is -2.43. The minimum absolute atomic E-state index is 0.00876. The van der Waals surface area contributed by atoms with E-state index in [1.165, 1.54) is 19.3 Å². The SMILES string of the molecule is CN1CCC(N2CCCCC2C(=O)OCCCN2CCOCC2)CC1. The van der Waals surface area contributed by atoms with Gasteiger partial charge in [-0.05, 0) is 58.8 Å². The van der Waals surface area contributed by atoms with Crippen molar-refractivity contribution in [1.82, 2.24) is 14.7 Å². The number of morpholine rings is 1. The van der Waals surface area contributed by atoms with E-state index < -0.39 is 0 Å². The Kier molecular flexibility index (Phi) is 7.52. The van der Waals surface area contributed by atoms with Gasteiger partial charge in [-0.15, -0.1) is 0 Å². The van der Waals surface area contributed by atoms with E-state index in [-0.39, 0.29) is 12.0 Å². The molecule has 0 radical (unpaired) electrons. The first kappa shape index (κ1) is 19.1. The number of carbonyl (C=O) groups excluding carboxylic acids is 1. The molecule has 3 fully saturated rings. The van der Waals surface area contributed by atoms with Gasteiger partial charge in [0.2, 0.25) is 0 Å². The Hall–Kier alpha value is -0.690. The van der Waals surface area contributed by atoms with Crippen LogP contribution in [0.25, 0.3) is 0 Å². The molecule has 1 unspecified atom stereocenters. The Balaban J connectivity index is 1.41. The third-order valence-electron chi connectivity index (χ3n) is 5.94. The predicted molar refractivity (Wildman–Crippen MR) is 97.7 cm³/mol. The molecule has 3 aliphatic heterocycles. The highest BCUT2D eigenvalue weighted by molar-refractivity contribution is 5.76. The Morgan fingerprint density at radius 3 is 2.56 bits per heavy atom. The molecule has 0 aromatic rings. The second kappa shape index (κ2) is 9.86. The van der Waals surface area contributed by atoms with Crippen LogP contribution in [0.1, 0.15) is 38.5 Å². The first-order chi connectivity index (χ1) is 12.2. The van der Waals surface area contributed by atoms with Crippen molar-refractivity contribution in [3.05, 3.63) is 0 Å². The summed E-state index contributed by atoms with van der Waals surface area (Å²) in [4.78, 5) is 19.9. The third-order valence-corrected chi connectivity index (χ3v) is 5.94. The second-order valence-corrected chi connectivity index (χ2v) is 7.76. The third kappa shape index (κ3) is 5.64. The molecule has 0 bridgehead atoms. The topological polar surface area (TPSA) is 45.2 Å². The van der Waals surface area contributed by atoms with Gasteiger partial charge in [-0.2, -0.15) is 0 Å². The smallest absolute Gasteiger partial charge is 0.323 e. The summed E-state index contributed by atoms with van der Waals surface area (Å²) < 4.78 is 11.0. The van der Waals surface area contributed by atoms with Gasteiger partial charge < -0.3 is 14.4 Å². The quantitative estimate of drug-likeness (QED) is 0.528. The first-order valence-corrected chi connectivity index (χ1v) is 10.1. The van der Waals surface area contributed by atoms with E-state index in [4.69, 9.17) is 9.47 Å². The van der Waals surface area contributed by atoms with Crippen LogP contribution in [0.4, 0.5) is 0 Å². The lowest BCUT2D eigenvalue weighted by Crippen LogP contribution is -2.53. The van der Waals surface area contributed by atoms with Gasteiger partial charge >= 0.3 is 5.97 Å². The number of hydrogen-bond acceptors (Lipinski definition) is 6. The van der Waals surface area contributed by atoms with Gasteiger partial charge in [-0.3, -0.25) is 14.6 Å². The fourth-order valence-corrected chi connectivity index (χ4v) is 4.35. The zero-order chi connectivity index (χ0) is 17.5. The minimum atomic E-state index is -0.00876. The molecule has 0 N–H and O–H groups in total. The first-order valence-electron chi connectivity index (χ1n) is 10.1. The number of hydrogen-bond donors (Lipinski definition) is 0. The maximum Gasteiger partial charge on any atom is 0.323 e. The highest BCUT2D eigenvalue weighted by atomic mass is 16.5. The number of carbonyl (C=O) groups is 1. The molecule has 3 heterocycles. The molecule has 0 aliphatic carbocycles. The molecule has 6 heteroatoms. The van der Waals surface area contributed by atoms with Gasteiger partial charge in [0.15, 0.2) is 0 Å². The molecular formula is C19H35N3O3. The van der Waals surface area contributed by atoms with E-state index in [9.17, 15) is 4.79 Å². The van der Waals surface area contributed by atoms with Crippen molar-refractivity contribution in [2.45, 2.75) is 50.6 Å². The monoisotopic (exact) mass is 353 g/mol. The molecule has 3 aliphatic rings. The normalized spacial score (nSPS) is 28.1. The van der Waals surface area contributed by atoms with Crippen molar-refractivity contribution in [3.8, 4) is 0 Å². The van der Waals surface area contributed by atoms with Crippen LogP contribution in [0.5, 0.6) is 0 Å². The van der Waals surface area contributed by atoms with E-state index in [0.29, 0.717) is 12.6 Å². The van der Waals surface area contributed by atoms with Crippen LogP contribution < -0.4 is 0 Å². The fraction of sp³-hybridized carbons (Fsp3) is 0.947. The van der Waals surface area contributed by atoms with Crippen molar-refractivity contribution in [3.63, 3.8) is 0 Å². The van der Waals surface area contributed by atoms with Gasteiger partial charge in [0.05, 0.1) is 19.8 Å². The molecule has 1 atom stereocenters. The summed E-state index contributed by atoms with van der Waals surface area (Å²) in [5.74, 6) is 0.0144. The van der Waals surface area contributed by atoms with Crippen molar-refractivity contribution in [1.29, 1.82) is 0 Å². The average molecular weight is 354 g/mol. The van der Waals surface area contributed by atoms with Crippen molar-refractivity contribution in [2.75, 3.05) is 66.1 Å². The van der Waals surface area contributed by atoms with Crippen LogP contribution >= 0.6 is 0 Å². The molecule has 3 rings (SSSR count). The number of nitrogens with zero attached hydrogens (tertiary/aromatic N) is 3. The van der Waals surface area contributed by atoms with E-state index in [0.717, 1.165) is 71.7 Å². The fourth-order valence-electron chi connectivity index (χ4n) is 4.35. The zero-order valence-electron chi connectivity index (χ0n) is 15.8. The largest absolute Gasteiger partial charge is 0.464 e. The van der Waals surface area contributed by atoms with E-state index in [1.807, 2.05) is 0 Å². The van der Waals surface area contributed by atoms with E-state index in [2.05, 4.69) is 21.7 Å². The number of esters is 1.